The Bertz CT molecular complexity index is 499. The van der Waals surface area contributed by atoms with Gasteiger partial charge in [0.05, 0.1) is 6.04 Å². The summed E-state index contributed by atoms with van der Waals surface area (Å²) in [5, 5.41) is 3.90. The molecule has 1 unspecified atom stereocenters. The maximum absolute atomic E-state index is 5.98. The van der Waals surface area contributed by atoms with Gasteiger partial charge in [0.15, 0.2) is 5.82 Å². The highest BCUT2D eigenvalue weighted by molar-refractivity contribution is 5.42. The summed E-state index contributed by atoms with van der Waals surface area (Å²) in [6.07, 6.45) is 5.85. The minimum absolute atomic E-state index is 0.124. The van der Waals surface area contributed by atoms with E-state index in [0.717, 1.165) is 12.8 Å². The summed E-state index contributed by atoms with van der Waals surface area (Å²) in [5.74, 6) is 2.21. The topological polar surface area (TPSA) is 82.8 Å². The number of hydrogen-bond donors (Lipinski definition) is 1. The standard InChI is InChI=1S/C10H13N5O/c1-15-5-4-12-9(15)8-13-10(16-14-8)7(11)6-2-3-6/h4-7H,2-3,11H2,1H3. The van der Waals surface area contributed by atoms with Crippen molar-refractivity contribution in [1.29, 1.82) is 0 Å². The number of rotatable bonds is 3. The van der Waals surface area contributed by atoms with Crippen LogP contribution in [0.1, 0.15) is 24.8 Å². The van der Waals surface area contributed by atoms with Gasteiger partial charge in [-0.25, -0.2) is 4.98 Å². The minimum atomic E-state index is -0.124. The smallest absolute Gasteiger partial charge is 0.244 e. The molecule has 1 fully saturated rings. The number of hydrogen-bond acceptors (Lipinski definition) is 5. The Morgan fingerprint density at radius 2 is 2.38 bits per heavy atom. The normalized spacial score (nSPS) is 17.6. The zero-order valence-corrected chi connectivity index (χ0v) is 9.00. The predicted molar refractivity (Wildman–Crippen MR) is 56.2 cm³/mol. The van der Waals surface area contributed by atoms with Crippen molar-refractivity contribution >= 4 is 0 Å². The monoisotopic (exact) mass is 219 g/mol. The molecule has 2 aromatic heterocycles. The molecular weight excluding hydrogens is 206 g/mol. The van der Waals surface area contributed by atoms with Crippen molar-refractivity contribution in [2.24, 2.45) is 18.7 Å². The molecule has 0 bridgehead atoms. The van der Waals surface area contributed by atoms with Gasteiger partial charge in [-0.2, -0.15) is 4.98 Å². The van der Waals surface area contributed by atoms with E-state index in [0.29, 0.717) is 23.5 Å². The van der Waals surface area contributed by atoms with E-state index in [1.165, 1.54) is 0 Å². The quantitative estimate of drug-likeness (QED) is 0.828. The molecule has 0 aromatic carbocycles. The third-order valence-electron chi connectivity index (χ3n) is 2.88. The molecule has 2 N–H and O–H groups in total. The van der Waals surface area contributed by atoms with Crippen LogP contribution in [0.15, 0.2) is 16.9 Å². The van der Waals surface area contributed by atoms with Crippen molar-refractivity contribution in [2.75, 3.05) is 0 Å². The van der Waals surface area contributed by atoms with Crippen LogP contribution >= 0.6 is 0 Å². The molecule has 6 nitrogen and oxygen atoms in total. The molecule has 16 heavy (non-hydrogen) atoms. The van der Waals surface area contributed by atoms with Gasteiger partial charge in [0.2, 0.25) is 11.7 Å². The van der Waals surface area contributed by atoms with Crippen LogP contribution in [-0.2, 0) is 7.05 Å². The fourth-order valence-electron chi connectivity index (χ4n) is 1.70. The second-order valence-electron chi connectivity index (χ2n) is 4.18. The molecule has 1 aliphatic rings. The molecule has 6 heteroatoms. The van der Waals surface area contributed by atoms with Gasteiger partial charge in [-0.3, -0.25) is 0 Å². The van der Waals surface area contributed by atoms with Crippen LogP contribution in [0.2, 0.25) is 0 Å². The van der Waals surface area contributed by atoms with E-state index in [1.807, 2.05) is 17.8 Å². The lowest BCUT2D eigenvalue weighted by Crippen LogP contribution is -2.12. The maximum Gasteiger partial charge on any atom is 0.244 e. The molecule has 0 radical (unpaired) electrons. The molecule has 2 aromatic rings. The van der Waals surface area contributed by atoms with Crippen LogP contribution < -0.4 is 5.73 Å². The Morgan fingerprint density at radius 1 is 1.56 bits per heavy atom. The summed E-state index contributed by atoms with van der Waals surface area (Å²) < 4.78 is 7.01. The van der Waals surface area contributed by atoms with E-state index in [-0.39, 0.29) is 6.04 Å². The van der Waals surface area contributed by atoms with Crippen LogP contribution in [0.3, 0.4) is 0 Å². The average molecular weight is 219 g/mol. The van der Waals surface area contributed by atoms with Crippen LogP contribution in [0.25, 0.3) is 11.6 Å². The summed E-state index contributed by atoms with van der Waals surface area (Å²) in [7, 11) is 1.89. The van der Waals surface area contributed by atoms with Crippen LogP contribution in [-0.4, -0.2) is 19.7 Å². The van der Waals surface area contributed by atoms with Crippen LogP contribution in [0.5, 0.6) is 0 Å². The Hall–Kier alpha value is -1.69. The fraction of sp³-hybridized carbons (Fsp3) is 0.500. The van der Waals surface area contributed by atoms with E-state index >= 15 is 0 Å². The third kappa shape index (κ3) is 1.51. The molecule has 84 valence electrons. The second-order valence-corrected chi connectivity index (χ2v) is 4.18. The van der Waals surface area contributed by atoms with Gasteiger partial charge < -0.3 is 14.8 Å². The fourth-order valence-corrected chi connectivity index (χ4v) is 1.70. The van der Waals surface area contributed by atoms with Gasteiger partial charge in [-0.1, -0.05) is 5.16 Å². The predicted octanol–water partition coefficient (Wildman–Crippen LogP) is 0.880. The van der Waals surface area contributed by atoms with Crippen LogP contribution in [0, 0.1) is 5.92 Å². The van der Waals surface area contributed by atoms with Gasteiger partial charge in [-0.15, -0.1) is 0 Å². The molecule has 0 amide bonds. The van der Waals surface area contributed by atoms with E-state index in [4.69, 9.17) is 10.3 Å². The highest BCUT2D eigenvalue weighted by Gasteiger charge is 2.33. The SMILES string of the molecule is Cn1ccnc1-c1noc(C(N)C2CC2)n1. The van der Waals surface area contributed by atoms with E-state index in [2.05, 4.69) is 15.1 Å². The number of aryl methyl sites for hydroxylation is 1. The molecule has 1 saturated carbocycles. The van der Waals surface area contributed by atoms with Gasteiger partial charge in [0.1, 0.15) is 0 Å². The Morgan fingerprint density at radius 3 is 3.00 bits per heavy atom. The Kier molecular flexibility index (Phi) is 2.03. The number of nitrogens with two attached hydrogens (primary N) is 1. The summed E-state index contributed by atoms with van der Waals surface area (Å²) in [5.41, 5.74) is 5.98. The lowest BCUT2D eigenvalue weighted by molar-refractivity contribution is 0.343. The molecule has 0 spiro atoms. The van der Waals surface area contributed by atoms with Gasteiger partial charge in [0, 0.05) is 19.4 Å². The largest absolute Gasteiger partial charge is 0.337 e. The molecule has 3 rings (SSSR count). The summed E-state index contributed by atoms with van der Waals surface area (Å²) >= 11 is 0. The van der Waals surface area contributed by atoms with Crippen molar-refractivity contribution in [3.05, 3.63) is 18.3 Å². The van der Waals surface area contributed by atoms with E-state index in [9.17, 15) is 0 Å². The second kappa shape index (κ2) is 3.41. The number of imidazole rings is 1. The number of aromatic nitrogens is 4. The van der Waals surface area contributed by atoms with Crippen molar-refractivity contribution in [2.45, 2.75) is 18.9 Å². The first-order valence-corrected chi connectivity index (χ1v) is 5.32. The van der Waals surface area contributed by atoms with Gasteiger partial charge in [0.25, 0.3) is 0 Å². The summed E-state index contributed by atoms with van der Waals surface area (Å²) in [4.78, 5) is 8.44. The lowest BCUT2D eigenvalue weighted by atomic mass is 10.2. The molecule has 0 saturated heterocycles. The molecule has 1 atom stereocenters. The third-order valence-corrected chi connectivity index (χ3v) is 2.88. The first-order chi connectivity index (χ1) is 7.75. The van der Waals surface area contributed by atoms with E-state index < -0.39 is 0 Å². The highest BCUT2D eigenvalue weighted by atomic mass is 16.5. The van der Waals surface area contributed by atoms with Crippen molar-refractivity contribution in [1.82, 2.24) is 19.7 Å². The maximum atomic E-state index is 5.98. The van der Waals surface area contributed by atoms with Crippen LogP contribution in [0.4, 0.5) is 0 Å². The van der Waals surface area contributed by atoms with E-state index in [1.54, 1.807) is 6.20 Å². The number of nitrogens with zero attached hydrogens (tertiary/aromatic N) is 4. The highest BCUT2D eigenvalue weighted by Crippen LogP contribution is 2.39. The van der Waals surface area contributed by atoms with Crippen molar-refractivity contribution in [3.8, 4) is 11.6 Å². The zero-order valence-electron chi connectivity index (χ0n) is 9.00. The average Bonchev–Trinajstić information content (AvgIpc) is 2.86. The minimum Gasteiger partial charge on any atom is -0.337 e. The Balaban J connectivity index is 1.90. The van der Waals surface area contributed by atoms with Gasteiger partial charge in [-0.05, 0) is 18.8 Å². The lowest BCUT2D eigenvalue weighted by Gasteiger charge is -2.01. The zero-order chi connectivity index (χ0) is 11.1. The Labute approximate surface area is 92.5 Å². The first-order valence-electron chi connectivity index (χ1n) is 5.32. The van der Waals surface area contributed by atoms with Gasteiger partial charge >= 0.3 is 0 Å². The van der Waals surface area contributed by atoms with Crippen molar-refractivity contribution in [3.63, 3.8) is 0 Å². The molecule has 2 heterocycles. The summed E-state index contributed by atoms with van der Waals surface area (Å²) in [6, 6.07) is -0.124. The summed E-state index contributed by atoms with van der Waals surface area (Å²) in [6.45, 7) is 0. The molecule has 1 aliphatic carbocycles. The molecular formula is C10H13N5O. The molecule has 0 aliphatic heterocycles. The van der Waals surface area contributed by atoms with Crippen molar-refractivity contribution < 1.29 is 4.52 Å². The first kappa shape index (κ1) is 9.53.